The van der Waals surface area contributed by atoms with Crippen molar-refractivity contribution in [2.75, 3.05) is 0 Å². The number of hydrogen-bond donors (Lipinski definition) is 0. The van der Waals surface area contributed by atoms with Crippen LogP contribution < -0.4 is 0 Å². The van der Waals surface area contributed by atoms with E-state index in [9.17, 15) is 4.79 Å². The van der Waals surface area contributed by atoms with E-state index in [1.807, 2.05) is 13.0 Å². The van der Waals surface area contributed by atoms with E-state index in [2.05, 4.69) is 0 Å². The maximum Gasteiger partial charge on any atom is 0.121 e. The second-order valence-electron chi connectivity index (χ2n) is 2.91. The fraction of sp³-hybridized carbons (Fsp3) is 0.300. The molecule has 14 heavy (non-hydrogen) atoms. The van der Waals surface area contributed by atoms with Crippen molar-refractivity contribution in [2.45, 2.75) is 23.5 Å². The number of carbonyl (C=O) groups excluding carboxylic acids is 1. The van der Waals surface area contributed by atoms with Gasteiger partial charge >= 0.3 is 0 Å². The first-order valence-corrected chi connectivity index (χ1v) is 5.82. The zero-order chi connectivity index (χ0) is 10.6. The Labute approximate surface area is 97.8 Å². The summed E-state index contributed by atoms with van der Waals surface area (Å²) in [4.78, 5) is 11.2. The van der Waals surface area contributed by atoms with Crippen LogP contribution in [0, 0.1) is 0 Å². The molecule has 1 unspecified atom stereocenters. The quantitative estimate of drug-likeness (QED) is 0.591. The summed E-state index contributed by atoms with van der Waals surface area (Å²) < 4.78 is 0. The van der Waals surface area contributed by atoms with Crippen LogP contribution in [0.3, 0.4) is 0 Å². The van der Waals surface area contributed by atoms with Gasteiger partial charge in [0.2, 0.25) is 0 Å². The number of thioether (sulfide) groups is 1. The van der Waals surface area contributed by atoms with Crippen molar-refractivity contribution in [1.82, 2.24) is 0 Å². The van der Waals surface area contributed by atoms with E-state index in [4.69, 9.17) is 23.2 Å². The Bertz CT molecular complexity index is 328. The summed E-state index contributed by atoms with van der Waals surface area (Å²) in [6.07, 6.45) is 1.45. The molecule has 0 radical (unpaired) electrons. The van der Waals surface area contributed by atoms with E-state index in [1.54, 1.807) is 23.9 Å². The molecule has 1 rings (SSSR count). The van der Waals surface area contributed by atoms with Gasteiger partial charge in [0.25, 0.3) is 0 Å². The molecule has 0 aliphatic carbocycles. The molecule has 4 heteroatoms. The third kappa shape index (κ3) is 3.52. The van der Waals surface area contributed by atoms with E-state index in [-0.39, 0.29) is 5.25 Å². The van der Waals surface area contributed by atoms with Crippen molar-refractivity contribution in [3.8, 4) is 0 Å². The maximum absolute atomic E-state index is 10.3. The standard InChI is InChI=1S/C10H10Cl2OS/c1-7(4-5-13)14-10-3-2-8(11)6-9(10)12/h2-3,5-7H,4H2,1H3. The fourth-order valence-electron chi connectivity index (χ4n) is 0.971. The van der Waals surface area contributed by atoms with Gasteiger partial charge in [0, 0.05) is 21.6 Å². The van der Waals surface area contributed by atoms with Gasteiger partial charge in [-0.25, -0.2) is 0 Å². The molecule has 0 fully saturated rings. The molecular weight excluding hydrogens is 239 g/mol. The molecule has 0 aliphatic rings. The molecule has 0 saturated heterocycles. The summed E-state index contributed by atoms with van der Waals surface area (Å²) in [5.74, 6) is 0. The van der Waals surface area contributed by atoms with E-state index >= 15 is 0 Å². The van der Waals surface area contributed by atoms with Crippen LogP contribution in [0.4, 0.5) is 0 Å². The van der Waals surface area contributed by atoms with Gasteiger partial charge in [0.15, 0.2) is 0 Å². The summed E-state index contributed by atoms with van der Waals surface area (Å²) in [5, 5.41) is 1.51. The Morgan fingerprint density at radius 1 is 1.50 bits per heavy atom. The predicted octanol–water partition coefficient (Wildman–Crippen LogP) is 4.06. The molecule has 1 aromatic carbocycles. The first kappa shape index (κ1) is 11.9. The zero-order valence-electron chi connectivity index (χ0n) is 7.67. The normalized spacial score (nSPS) is 12.5. The minimum Gasteiger partial charge on any atom is -0.303 e. The first-order valence-electron chi connectivity index (χ1n) is 4.19. The number of hydrogen-bond acceptors (Lipinski definition) is 2. The summed E-state index contributed by atoms with van der Waals surface area (Å²) in [6, 6.07) is 5.37. The van der Waals surface area contributed by atoms with Crippen molar-refractivity contribution >= 4 is 41.2 Å². The second-order valence-corrected chi connectivity index (χ2v) is 5.23. The topological polar surface area (TPSA) is 17.1 Å². The molecule has 0 spiro atoms. The van der Waals surface area contributed by atoms with Gasteiger partial charge in [-0.1, -0.05) is 30.1 Å². The molecule has 0 amide bonds. The van der Waals surface area contributed by atoms with Gasteiger partial charge in [0.05, 0.1) is 5.02 Å². The van der Waals surface area contributed by atoms with Crippen LogP contribution in [0.15, 0.2) is 23.1 Å². The summed E-state index contributed by atoms with van der Waals surface area (Å²) in [6.45, 7) is 1.99. The van der Waals surface area contributed by atoms with Crippen LogP contribution in [0.1, 0.15) is 13.3 Å². The lowest BCUT2D eigenvalue weighted by Crippen LogP contribution is -1.96. The Morgan fingerprint density at radius 2 is 2.21 bits per heavy atom. The van der Waals surface area contributed by atoms with Gasteiger partial charge in [-0.05, 0) is 18.2 Å². The van der Waals surface area contributed by atoms with Crippen LogP contribution in [0.5, 0.6) is 0 Å². The van der Waals surface area contributed by atoms with Gasteiger partial charge in [-0.3, -0.25) is 0 Å². The Morgan fingerprint density at radius 3 is 2.79 bits per heavy atom. The highest BCUT2D eigenvalue weighted by molar-refractivity contribution is 8.00. The van der Waals surface area contributed by atoms with Crippen molar-refractivity contribution in [1.29, 1.82) is 0 Å². The smallest absolute Gasteiger partial charge is 0.121 e. The van der Waals surface area contributed by atoms with Gasteiger partial charge < -0.3 is 4.79 Å². The highest BCUT2D eigenvalue weighted by atomic mass is 35.5. The van der Waals surface area contributed by atoms with E-state index in [1.165, 1.54) is 0 Å². The molecular formula is C10H10Cl2OS. The van der Waals surface area contributed by atoms with Crippen LogP contribution in [-0.2, 0) is 4.79 Å². The lowest BCUT2D eigenvalue weighted by atomic mass is 10.3. The summed E-state index contributed by atoms with van der Waals surface area (Å²) in [7, 11) is 0. The molecule has 0 N–H and O–H groups in total. The first-order chi connectivity index (χ1) is 6.63. The largest absolute Gasteiger partial charge is 0.303 e. The average molecular weight is 249 g/mol. The lowest BCUT2D eigenvalue weighted by molar-refractivity contribution is -0.107. The van der Waals surface area contributed by atoms with Gasteiger partial charge in [-0.15, -0.1) is 11.8 Å². The summed E-state index contributed by atoms with van der Waals surface area (Å²) in [5.41, 5.74) is 0. The number of rotatable bonds is 4. The number of carbonyl (C=O) groups is 1. The third-order valence-electron chi connectivity index (χ3n) is 1.65. The zero-order valence-corrected chi connectivity index (χ0v) is 9.99. The van der Waals surface area contributed by atoms with E-state index in [0.29, 0.717) is 16.5 Å². The molecule has 1 nitrogen and oxygen atoms in total. The molecule has 0 heterocycles. The van der Waals surface area contributed by atoms with Crippen molar-refractivity contribution in [2.24, 2.45) is 0 Å². The minimum atomic E-state index is 0.242. The molecule has 0 bridgehead atoms. The third-order valence-corrected chi connectivity index (χ3v) is 3.51. The number of benzene rings is 1. The highest BCUT2D eigenvalue weighted by Gasteiger charge is 2.07. The number of aldehydes is 1. The van der Waals surface area contributed by atoms with Crippen LogP contribution in [-0.4, -0.2) is 11.5 Å². The average Bonchev–Trinajstić information content (AvgIpc) is 2.10. The van der Waals surface area contributed by atoms with Crippen LogP contribution >= 0.6 is 35.0 Å². The van der Waals surface area contributed by atoms with Crippen LogP contribution in [0.2, 0.25) is 10.0 Å². The van der Waals surface area contributed by atoms with E-state index in [0.717, 1.165) is 11.2 Å². The second kappa shape index (κ2) is 5.64. The Hall–Kier alpha value is -0.180. The molecule has 0 saturated carbocycles. The lowest BCUT2D eigenvalue weighted by Gasteiger charge is -2.08. The van der Waals surface area contributed by atoms with Crippen molar-refractivity contribution in [3.63, 3.8) is 0 Å². The molecule has 76 valence electrons. The Balaban J connectivity index is 2.71. The number of halogens is 2. The van der Waals surface area contributed by atoms with Crippen molar-refractivity contribution < 1.29 is 4.79 Å². The molecule has 1 atom stereocenters. The summed E-state index contributed by atoms with van der Waals surface area (Å²) >= 11 is 13.3. The SMILES string of the molecule is CC(CC=O)Sc1ccc(Cl)cc1Cl. The highest BCUT2D eigenvalue weighted by Crippen LogP contribution is 2.32. The minimum absolute atomic E-state index is 0.242. The maximum atomic E-state index is 10.3. The fourth-order valence-corrected chi connectivity index (χ4v) is 2.44. The molecule has 0 aromatic heterocycles. The van der Waals surface area contributed by atoms with Gasteiger partial charge in [-0.2, -0.15) is 0 Å². The molecule has 0 aliphatic heterocycles. The van der Waals surface area contributed by atoms with Crippen LogP contribution in [0.25, 0.3) is 0 Å². The monoisotopic (exact) mass is 248 g/mol. The Kier molecular flexibility index (Phi) is 4.79. The molecule has 1 aromatic rings. The predicted molar refractivity (Wildman–Crippen MR) is 62.5 cm³/mol. The van der Waals surface area contributed by atoms with E-state index < -0.39 is 0 Å². The van der Waals surface area contributed by atoms with Crippen molar-refractivity contribution in [3.05, 3.63) is 28.2 Å². The van der Waals surface area contributed by atoms with Gasteiger partial charge in [0.1, 0.15) is 6.29 Å².